The van der Waals surface area contributed by atoms with Crippen LogP contribution in [0.2, 0.25) is 0 Å². The van der Waals surface area contributed by atoms with Crippen LogP contribution in [-0.2, 0) is 6.42 Å². The van der Waals surface area contributed by atoms with Gasteiger partial charge in [-0.05, 0) is 24.1 Å². The van der Waals surface area contributed by atoms with Crippen LogP contribution in [-0.4, -0.2) is 10.8 Å². The number of hydrogen-bond acceptors (Lipinski definition) is 3. The number of aromatic nitrogens is 1. The summed E-state index contributed by atoms with van der Waals surface area (Å²) in [7, 11) is 0. The number of fused-ring (bicyclic) bond motifs is 1. The minimum atomic E-state index is -0.852. The van der Waals surface area contributed by atoms with Gasteiger partial charge in [-0.3, -0.25) is 4.79 Å². The number of hydrogen-bond donors (Lipinski definition) is 1. The summed E-state index contributed by atoms with van der Waals surface area (Å²) in [6, 6.07) is 24.4. The molecule has 1 aromatic heterocycles. The molecule has 1 atom stereocenters. The average Bonchev–Trinajstić information content (AvgIpc) is 3.22. The maximum Gasteiger partial charge on any atom is 0.210 e. The van der Waals surface area contributed by atoms with Gasteiger partial charge in [0.15, 0.2) is 6.10 Å². The minimum Gasteiger partial charge on any atom is -0.476 e. The van der Waals surface area contributed by atoms with Crippen LogP contribution in [0, 0.1) is 11.3 Å². The van der Waals surface area contributed by atoms with Crippen LogP contribution in [0.3, 0.4) is 0 Å². The molecule has 142 valence electrons. The van der Waals surface area contributed by atoms with Crippen molar-refractivity contribution in [3.8, 4) is 11.8 Å². The van der Waals surface area contributed by atoms with Crippen molar-refractivity contribution in [3.63, 3.8) is 0 Å². The van der Waals surface area contributed by atoms with Crippen LogP contribution in [0.25, 0.3) is 10.9 Å². The zero-order chi connectivity index (χ0) is 20.2. The molecule has 0 amide bonds. The molecule has 0 bridgehead atoms. The number of H-pyrrole nitrogens is 1. The van der Waals surface area contributed by atoms with Crippen molar-refractivity contribution >= 4 is 16.7 Å². The number of benzene rings is 3. The van der Waals surface area contributed by atoms with Gasteiger partial charge in [0.25, 0.3) is 0 Å². The zero-order valence-corrected chi connectivity index (χ0v) is 16.1. The molecule has 4 aromatic rings. The second-order valence-electron chi connectivity index (χ2n) is 6.78. The predicted molar refractivity (Wildman–Crippen MR) is 113 cm³/mol. The number of carbonyl (C=O) groups is 1. The van der Waals surface area contributed by atoms with E-state index in [1.807, 2.05) is 42.5 Å². The van der Waals surface area contributed by atoms with Gasteiger partial charge in [0, 0.05) is 28.2 Å². The lowest BCUT2D eigenvalue weighted by atomic mass is 9.98. The molecule has 0 aliphatic carbocycles. The van der Waals surface area contributed by atoms with Crippen molar-refractivity contribution in [2.45, 2.75) is 19.4 Å². The van der Waals surface area contributed by atoms with Gasteiger partial charge in [-0.15, -0.1) is 0 Å². The highest BCUT2D eigenvalue weighted by molar-refractivity contribution is 6.10. The summed E-state index contributed by atoms with van der Waals surface area (Å²) in [4.78, 5) is 16.8. The quantitative estimate of drug-likeness (QED) is 0.443. The summed E-state index contributed by atoms with van der Waals surface area (Å²) >= 11 is 0. The number of ether oxygens (including phenoxy) is 1. The first kappa shape index (κ1) is 18.5. The SMILES string of the molecule is CCc1cccc2c(C(=O)[C@H](Oc3ccccc3C#N)c3ccccc3)c[nH]c12. The first-order valence-electron chi connectivity index (χ1n) is 9.56. The number of Topliss-reactive ketones (excluding diaryl/α,β-unsaturated/α-hetero) is 1. The van der Waals surface area contributed by atoms with Gasteiger partial charge in [0.05, 0.1) is 5.56 Å². The van der Waals surface area contributed by atoms with Gasteiger partial charge >= 0.3 is 0 Å². The van der Waals surface area contributed by atoms with Crippen molar-refractivity contribution in [1.29, 1.82) is 5.26 Å². The number of aromatic amines is 1. The maximum atomic E-state index is 13.6. The molecular formula is C25H20N2O2. The average molecular weight is 380 g/mol. The van der Waals surface area contributed by atoms with E-state index >= 15 is 0 Å². The molecule has 4 heteroatoms. The summed E-state index contributed by atoms with van der Waals surface area (Å²) in [6.07, 6.45) is 1.77. The van der Waals surface area contributed by atoms with Crippen molar-refractivity contribution in [2.24, 2.45) is 0 Å². The summed E-state index contributed by atoms with van der Waals surface area (Å²) in [5.74, 6) is 0.245. The molecule has 3 aromatic carbocycles. The van der Waals surface area contributed by atoms with Crippen LogP contribution in [0.15, 0.2) is 79.0 Å². The first-order chi connectivity index (χ1) is 14.2. The van der Waals surface area contributed by atoms with E-state index in [4.69, 9.17) is 4.74 Å². The summed E-state index contributed by atoms with van der Waals surface area (Å²) in [5.41, 5.74) is 3.86. The Labute approximate surface area is 169 Å². The standard InChI is InChI=1S/C25H20N2O2/c1-2-17-12-8-13-20-21(16-27-23(17)20)24(28)25(18-9-4-3-5-10-18)29-22-14-7-6-11-19(22)15-26/h3-14,16,25,27H,2H2,1H3/t25-/m1/s1. The fraction of sp³-hybridized carbons (Fsp3) is 0.120. The molecule has 1 N–H and O–H groups in total. The Morgan fingerprint density at radius 3 is 2.55 bits per heavy atom. The van der Waals surface area contributed by atoms with Gasteiger partial charge in [0.2, 0.25) is 5.78 Å². The number of aryl methyl sites for hydroxylation is 1. The van der Waals surface area contributed by atoms with Gasteiger partial charge in [0.1, 0.15) is 11.8 Å². The van der Waals surface area contributed by atoms with Gasteiger partial charge < -0.3 is 9.72 Å². The monoisotopic (exact) mass is 380 g/mol. The third-order valence-corrected chi connectivity index (χ3v) is 5.04. The van der Waals surface area contributed by atoms with Gasteiger partial charge in [-0.2, -0.15) is 5.26 Å². The smallest absolute Gasteiger partial charge is 0.210 e. The molecule has 0 unspecified atom stereocenters. The lowest BCUT2D eigenvalue weighted by Crippen LogP contribution is -2.19. The van der Waals surface area contributed by atoms with Crippen molar-refractivity contribution in [2.75, 3.05) is 0 Å². The Morgan fingerprint density at radius 1 is 1.03 bits per heavy atom. The fourth-order valence-corrected chi connectivity index (χ4v) is 3.55. The van der Waals surface area contributed by atoms with Gasteiger partial charge in [-0.1, -0.05) is 67.6 Å². The number of nitrogens with zero attached hydrogens (tertiary/aromatic N) is 1. The second kappa shape index (κ2) is 8.04. The fourth-order valence-electron chi connectivity index (χ4n) is 3.55. The number of rotatable bonds is 6. The Morgan fingerprint density at radius 2 is 1.79 bits per heavy atom. The normalized spacial score (nSPS) is 11.7. The zero-order valence-electron chi connectivity index (χ0n) is 16.1. The predicted octanol–water partition coefficient (Wildman–Crippen LogP) is 5.60. The molecule has 0 saturated carbocycles. The van der Waals surface area contributed by atoms with E-state index in [2.05, 4.69) is 24.0 Å². The largest absolute Gasteiger partial charge is 0.476 e. The second-order valence-corrected chi connectivity index (χ2v) is 6.78. The third kappa shape index (κ3) is 3.51. The highest BCUT2D eigenvalue weighted by Gasteiger charge is 2.27. The highest BCUT2D eigenvalue weighted by Crippen LogP contribution is 2.31. The van der Waals surface area contributed by atoms with Crippen molar-refractivity contribution in [1.82, 2.24) is 4.98 Å². The molecular weight excluding hydrogens is 360 g/mol. The molecule has 0 spiro atoms. The minimum absolute atomic E-state index is 0.150. The Balaban J connectivity index is 1.80. The van der Waals surface area contributed by atoms with E-state index in [0.29, 0.717) is 16.9 Å². The Hall–Kier alpha value is -3.84. The molecule has 0 aliphatic rings. The number of nitriles is 1. The molecule has 1 heterocycles. The number of nitrogens with one attached hydrogen (secondary N) is 1. The molecule has 4 rings (SSSR count). The van der Waals surface area contributed by atoms with Crippen LogP contribution in [0.5, 0.6) is 5.75 Å². The lowest BCUT2D eigenvalue weighted by Gasteiger charge is -2.19. The summed E-state index contributed by atoms with van der Waals surface area (Å²) < 4.78 is 6.13. The Kier molecular flexibility index (Phi) is 5.13. The lowest BCUT2D eigenvalue weighted by molar-refractivity contribution is 0.0794. The van der Waals surface area contributed by atoms with Crippen molar-refractivity contribution in [3.05, 3.63) is 101 Å². The number of carbonyl (C=O) groups excluding carboxylic acids is 1. The third-order valence-electron chi connectivity index (χ3n) is 5.04. The molecule has 0 radical (unpaired) electrons. The number of ketones is 1. The van der Waals surface area contributed by atoms with E-state index in [-0.39, 0.29) is 5.78 Å². The van der Waals surface area contributed by atoms with E-state index in [1.54, 1.807) is 30.5 Å². The maximum absolute atomic E-state index is 13.6. The van der Waals surface area contributed by atoms with Crippen LogP contribution in [0.1, 0.15) is 40.1 Å². The molecule has 0 aliphatic heterocycles. The molecule has 4 nitrogen and oxygen atoms in total. The Bertz CT molecular complexity index is 1200. The number of para-hydroxylation sites is 2. The first-order valence-corrected chi connectivity index (χ1v) is 9.56. The summed E-state index contributed by atoms with van der Waals surface area (Å²) in [6.45, 7) is 2.09. The van der Waals surface area contributed by atoms with Crippen LogP contribution >= 0.6 is 0 Å². The van der Waals surface area contributed by atoms with E-state index in [9.17, 15) is 10.1 Å². The molecule has 0 saturated heterocycles. The topological polar surface area (TPSA) is 65.9 Å². The van der Waals surface area contributed by atoms with Crippen LogP contribution in [0.4, 0.5) is 0 Å². The summed E-state index contributed by atoms with van der Waals surface area (Å²) in [5, 5.41) is 10.3. The van der Waals surface area contributed by atoms with Gasteiger partial charge in [-0.25, -0.2) is 0 Å². The van der Waals surface area contributed by atoms with Crippen molar-refractivity contribution < 1.29 is 9.53 Å². The van der Waals surface area contributed by atoms with E-state index in [0.717, 1.165) is 28.5 Å². The van der Waals surface area contributed by atoms with Crippen LogP contribution < -0.4 is 4.74 Å². The molecule has 0 fully saturated rings. The highest BCUT2D eigenvalue weighted by atomic mass is 16.5. The molecule has 29 heavy (non-hydrogen) atoms. The van der Waals surface area contributed by atoms with E-state index in [1.165, 1.54) is 0 Å². The van der Waals surface area contributed by atoms with E-state index < -0.39 is 6.10 Å².